The van der Waals surface area contributed by atoms with Crippen molar-refractivity contribution in [2.75, 3.05) is 0 Å². The summed E-state index contributed by atoms with van der Waals surface area (Å²) in [4.78, 5) is 17.5. The fourth-order valence-corrected chi connectivity index (χ4v) is 4.01. The molecule has 8 heteroatoms. The molecular weight excluding hydrogens is 422 g/mol. The minimum atomic E-state index is -0.573. The predicted molar refractivity (Wildman–Crippen MR) is 107 cm³/mol. The van der Waals surface area contributed by atoms with E-state index in [0.717, 1.165) is 48.7 Å². The molecule has 1 N–H and O–H groups in total. The van der Waals surface area contributed by atoms with E-state index < -0.39 is 5.54 Å². The Kier molecular flexibility index (Phi) is 5.30. The van der Waals surface area contributed by atoms with Crippen LogP contribution in [0.4, 0.5) is 0 Å². The predicted octanol–water partition coefficient (Wildman–Crippen LogP) is 4.31. The Hall–Kier alpha value is -2.48. The molecule has 1 aromatic carbocycles. The molecule has 146 valence electrons. The number of rotatable bonds is 4. The van der Waals surface area contributed by atoms with Crippen molar-refractivity contribution in [3.05, 3.63) is 58.4 Å². The van der Waals surface area contributed by atoms with Gasteiger partial charge in [-0.05, 0) is 53.0 Å². The van der Waals surface area contributed by atoms with Crippen molar-refractivity contribution in [2.24, 2.45) is 0 Å². The third kappa shape index (κ3) is 3.87. The van der Waals surface area contributed by atoms with Crippen molar-refractivity contribution in [1.29, 1.82) is 0 Å². The van der Waals surface area contributed by atoms with Crippen LogP contribution in [-0.2, 0) is 5.54 Å². The number of amides is 1. The molecule has 7 nitrogen and oxygen atoms in total. The lowest BCUT2D eigenvalue weighted by Gasteiger charge is -2.30. The first-order valence-electron chi connectivity index (χ1n) is 9.50. The van der Waals surface area contributed by atoms with Crippen LogP contribution in [0.1, 0.15) is 60.6 Å². The number of nitrogens with zero attached hydrogens (tertiary/aromatic N) is 4. The topological polar surface area (TPSA) is 85.8 Å². The molecule has 1 amide bonds. The van der Waals surface area contributed by atoms with Gasteiger partial charge in [0.05, 0.1) is 16.4 Å². The van der Waals surface area contributed by atoms with Crippen LogP contribution in [0.15, 0.2) is 45.7 Å². The average molecular weight is 444 g/mol. The minimum absolute atomic E-state index is 0.127. The zero-order chi connectivity index (χ0) is 19.6. The van der Waals surface area contributed by atoms with Crippen LogP contribution in [0.25, 0.3) is 5.69 Å². The number of carbonyl (C=O) groups excluding carboxylic acids is 1. The van der Waals surface area contributed by atoms with Crippen LogP contribution in [0, 0.1) is 6.92 Å². The van der Waals surface area contributed by atoms with Crippen LogP contribution in [0.5, 0.6) is 0 Å². The Morgan fingerprint density at radius 3 is 2.46 bits per heavy atom. The first-order chi connectivity index (χ1) is 13.6. The van der Waals surface area contributed by atoms with Crippen molar-refractivity contribution >= 4 is 21.8 Å². The van der Waals surface area contributed by atoms with Gasteiger partial charge in [-0.3, -0.25) is 4.79 Å². The number of aromatic nitrogens is 4. The van der Waals surface area contributed by atoms with E-state index in [2.05, 4.69) is 36.5 Å². The fourth-order valence-electron chi connectivity index (χ4n) is 3.73. The van der Waals surface area contributed by atoms with Gasteiger partial charge in [-0.15, -0.1) is 0 Å². The molecule has 0 spiro atoms. The molecule has 0 atom stereocenters. The molecule has 2 aromatic heterocycles. The molecule has 0 saturated heterocycles. The molecule has 2 heterocycles. The molecule has 3 aromatic rings. The lowest BCUT2D eigenvalue weighted by atomic mass is 9.88. The van der Waals surface area contributed by atoms with E-state index in [1.807, 2.05) is 30.5 Å². The van der Waals surface area contributed by atoms with E-state index in [9.17, 15) is 4.79 Å². The summed E-state index contributed by atoms with van der Waals surface area (Å²) in [5, 5.41) is 11.6. The van der Waals surface area contributed by atoms with E-state index in [0.29, 0.717) is 17.3 Å². The summed E-state index contributed by atoms with van der Waals surface area (Å²) >= 11 is 3.39. The number of halogens is 1. The highest BCUT2D eigenvalue weighted by molar-refractivity contribution is 9.10. The van der Waals surface area contributed by atoms with Crippen LogP contribution >= 0.6 is 15.9 Å². The van der Waals surface area contributed by atoms with Crippen LogP contribution in [0.2, 0.25) is 0 Å². The van der Waals surface area contributed by atoms with Gasteiger partial charge < -0.3 is 9.84 Å². The Morgan fingerprint density at radius 1 is 1.18 bits per heavy atom. The van der Waals surface area contributed by atoms with E-state index in [1.165, 1.54) is 0 Å². The second-order valence-electron chi connectivity index (χ2n) is 7.24. The summed E-state index contributed by atoms with van der Waals surface area (Å²) in [6.45, 7) is 1.77. The number of benzene rings is 1. The molecule has 0 radical (unpaired) electrons. The molecule has 1 fully saturated rings. The van der Waals surface area contributed by atoms with Crippen molar-refractivity contribution in [3.63, 3.8) is 0 Å². The molecule has 0 bridgehead atoms. The Morgan fingerprint density at radius 2 is 1.89 bits per heavy atom. The van der Waals surface area contributed by atoms with Gasteiger partial charge in [-0.25, -0.2) is 4.68 Å². The Bertz CT molecular complexity index is 955. The molecule has 1 saturated carbocycles. The normalized spacial score (nSPS) is 16.5. The number of hydrogen-bond donors (Lipinski definition) is 1. The maximum absolute atomic E-state index is 13.0. The zero-order valence-electron chi connectivity index (χ0n) is 15.7. The Balaban J connectivity index is 1.57. The van der Waals surface area contributed by atoms with Gasteiger partial charge >= 0.3 is 0 Å². The van der Waals surface area contributed by atoms with Crippen molar-refractivity contribution in [1.82, 2.24) is 25.2 Å². The summed E-state index contributed by atoms with van der Waals surface area (Å²) in [5.41, 5.74) is 0.913. The Labute approximate surface area is 171 Å². The van der Waals surface area contributed by atoms with Gasteiger partial charge in [0.1, 0.15) is 5.54 Å². The molecular formula is C20H22BrN5O2. The van der Waals surface area contributed by atoms with E-state index in [4.69, 9.17) is 4.52 Å². The third-order valence-electron chi connectivity index (χ3n) is 5.21. The summed E-state index contributed by atoms with van der Waals surface area (Å²) < 4.78 is 7.87. The summed E-state index contributed by atoms with van der Waals surface area (Å²) in [7, 11) is 0. The lowest BCUT2D eigenvalue weighted by Crippen LogP contribution is -2.46. The average Bonchev–Trinajstić information content (AvgIpc) is 3.26. The maximum Gasteiger partial charge on any atom is 0.252 e. The van der Waals surface area contributed by atoms with Gasteiger partial charge in [-0.1, -0.05) is 30.8 Å². The fraction of sp³-hybridized carbons (Fsp3) is 0.400. The molecule has 1 aliphatic rings. The molecule has 0 unspecified atom stereocenters. The highest BCUT2D eigenvalue weighted by atomic mass is 79.9. The van der Waals surface area contributed by atoms with Gasteiger partial charge in [0.2, 0.25) is 5.89 Å². The van der Waals surface area contributed by atoms with Crippen LogP contribution in [-0.4, -0.2) is 25.8 Å². The highest BCUT2D eigenvalue weighted by Gasteiger charge is 2.39. The smallest absolute Gasteiger partial charge is 0.252 e. The largest absolute Gasteiger partial charge is 0.340 e. The van der Waals surface area contributed by atoms with Crippen molar-refractivity contribution < 1.29 is 9.32 Å². The van der Waals surface area contributed by atoms with Gasteiger partial charge in [0, 0.05) is 18.7 Å². The van der Waals surface area contributed by atoms with Crippen LogP contribution in [0.3, 0.4) is 0 Å². The first kappa shape index (κ1) is 18.9. The van der Waals surface area contributed by atoms with Crippen molar-refractivity contribution in [2.45, 2.75) is 51.0 Å². The van der Waals surface area contributed by atoms with Gasteiger partial charge in [-0.2, -0.15) is 10.1 Å². The molecule has 1 aliphatic carbocycles. The second-order valence-corrected chi connectivity index (χ2v) is 8.15. The second kappa shape index (κ2) is 7.87. The third-order valence-corrected chi connectivity index (χ3v) is 5.62. The number of aryl methyl sites for hydroxylation is 1. The summed E-state index contributed by atoms with van der Waals surface area (Å²) in [5.74, 6) is 0.971. The lowest BCUT2D eigenvalue weighted by molar-refractivity contribution is 0.0876. The van der Waals surface area contributed by atoms with Gasteiger partial charge in [0.15, 0.2) is 5.82 Å². The highest BCUT2D eigenvalue weighted by Crippen LogP contribution is 2.35. The number of carbonyl (C=O) groups is 1. The first-order valence-corrected chi connectivity index (χ1v) is 10.3. The van der Waals surface area contributed by atoms with Crippen LogP contribution < -0.4 is 5.32 Å². The molecule has 0 aliphatic heterocycles. The number of nitrogens with one attached hydrogen (secondary N) is 1. The standard InChI is InChI=1S/C20H22BrN5O2/c1-14-23-19(25-28-14)20(10-4-2-3-5-11-20)24-18(27)15-6-8-17(9-7-15)26-13-16(21)12-22-26/h6-9,12-13H,2-5,10-11H2,1H3,(H,24,27). The van der Waals surface area contributed by atoms with E-state index in [1.54, 1.807) is 17.8 Å². The van der Waals surface area contributed by atoms with E-state index >= 15 is 0 Å². The van der Waals surface area contributed by atoms with E-state index in [-0.39, 0.29) is 5.91 Å². The maximum atomic E-state index is 13.0. The quantitative estimate of drug-likeness (QED) is 0.607. The monoisotopic (exact) mass is 443 g/mol. The molecule has 4 rings (SSSR count). The summed E-state index contributed by atoms with van der Waals surface area (Å²) in [6, 6.07) is 7.39. The van der Waals surface area contributed by atoms with Crippen molar-refractivity contribution in [3.8, 4) is 5.69 Å². The van der Waals surface area contributed by atoms with Gasteiger partial charge in [0.25, 0.3) is 5.91 Å². The minimum Gasteiger partial charge on any atom is -0.340 e. The summed E-state index contributed by atoms with van der Waals surface area (Å²) in [6.07, 6.45) is 9.60. The number of hydrogen-bond acceptors (Lipinski definition) is 5. The SMILES string of the molecule is Cc1nc(C2(NC(=O)c3ccc(-n4cc(Br)cn4)cc3)CCCCCC2)no1. The zero-order valence-corrected chi connectivity index (χ0v) is 17.3. The molecule has 28 heavy (non-hydrogen) atoms.